The Morgan fingerprint density at radius 2 is 2.12 bits per heavy atom. The Balaban J connectivity index is 2.61. The zero-order chi connectivity index (χ0) is 13.1. The van der Waals surface area contributed by atoms with Gasteiger partial charge in [0, 0.05) is 21.5 Å². The van der Waals surface area contributed by atoms with Crippen LogP contribution < -0.4 is 11.1 Å². The van der Waals surface area contributed by atoms with Crippen LogP contribution >= 0.6 is 22.6 Å². The third-order valence-electron chi connectivity index (χ3n) is 2.50. The lowest BCUT2D eigenvalue weighted by Crippen LogP contribution is -2.35. The van der Waals surface area contributed by atoms with Crippen molar-refractivity contribution in [3.8, 4) is 0 Å². The maximum absolute atomic E-state index is 10.2. The summed E-state index contributed by atoms with van der Waals surface area (Å²) in [5, 5.41) is 13.5. The Bertz CT molecular complexity index is 378. The van der Waals surface area contributed by atoms with E-state index in [2.05, 4.69) is 41.8 Å². The molecule has 4 heteroatoms. The van der Waals surface area contributed by atoms with Crippen molar-refractivity contribution in [2.24, 2.45) is 5.92 Å². The van der Waals surface area contributed by atoms with Crippen LogP contribution in [0, 0.1) is 9.49 Å². The molecule has 0 radical (unpaired) electrons. The van der Waals surface area contributed by atoms with Gasteiger partial charge >= 0.3 is 0 Å². The van der Waals surface area contributed by atoms with Crippen molar-refractivity contribution in [1.82, 2.24) is 0 Å². The van der Waals surface area contributed by atoms with E-state index in [4.69, 9.17) is 5.73 Å². The summed E-state index contributed by atoms with van der Waals surface area (Å²) in [6.45, 7) is 6.64. The number of halogens is 1. The van der Waals surface area contributed by atoms with Crippen LogP contribution in [0.1, 0.15) is 27.2 Å². The third-order valence-corrected chi connectivity index (χ3v) is 3.39. The number of hydrogen-bond acceptors (Lipinski definition) is 3. The van der Waals surface area contributed by atoms with Gasteiger partial charge in [-0.05, 0) is 60.1 Å². The predicted octanol–water partition coefficient (Wildman–Crippen LogP) is 3.08. The molecule has 3 nitrogen and oxygen atoms in total. The van der Waals surface area contributed by atoms with Crippen LogP contribution in [0.4, 0.5) is 11.4 Å². The third kappa shape index (κ3) is 5.12. The molecule has 0 saturated heterocycles. The Morgan fingerprint density at radius 3 is 2.65 bits per heavy atom. The van der Waals surface area contributed by atoms with E-state index in [1.165, 1.54) is 0 Å². The van der Waals surface area contributed by atoms with E-state index in [0.717, 1.165) is 21.4 Å². The summed E-state index contributed by atoms with van der Waals surface area (Å²) in [4.78, 5) is 0. The largest absolute Gasteiger partial charge is 0.399 e. The molecule has 0 aliphatic rings. The zero-order valence-corrected chi connectivity index (χ0v) is 12.8. The highest BCUT2D eigenvalue weighted by Crippen LogP contribution is 2.23. The summed E-state index contributed by atoms with van der Waals surface area (Å²) >= 11 is 2.24. The average molecular weight is 348 g/mol. The van der Waals surface area contributed by atoms with E-state index < -0.39 is 5.60 Å². The van der Waals surface area contributed by atoms with Gasteiger partial charge in [-0.1, -0.05) is 13.8 Å². The highest BCUT2D eigenvalue weighted by atomic mass is 127. The van der Waals surface area contributed by atoms with Gasteiger partial charge in [0.15, 0.2) is 0 Å². The number of benzene rings is 1. The van der Waals surface area contributed by atoms with Gasteiger partial charge in [-0.2, -0.15) is 0 Å². The molecule has 0 aliphatic carbocycles. The van der Waals surface area contributed by atoms with E-state index in [1.807, 2.05) is 25.1 Å². The summed E-state index contributed by atoms with van der Waals surface area (Å²) in [5.41, 5.74) is 6.79. The molecule has 17 heavy (non-hydrogen) atoms. The second-order valence-corrected chi connectivity index (χ2v) is 6.35. The van der Waals surface area contributed by atoms with Gasteiger partial charge in [0.2, 0.25) is 0 Å². The lowest BCUT2D eigenvalue weighted by molar-refractivity contribution is 0.0515. The maximum atomic E-state index is 10.2. The molecule has 0 spiro atoms. The first-order chi connectivity index (χ1) is 7.80. The molecule has 0 aliphatic heterocycles. The molecule has 0 heterocycles. The normalized spacial score (nSPS) is 14.7. The second-order valence-electron chi connectivity index (χ2n) is 5.19. The van der Waals surface area contributed by atoms with Gasteiger partial charge < -0.3 is 16.2 Å². The fourth-order valence-corrected chi connectivity index (χ4v) is 2.64. The van der Waals surface area contributed by atoms with Crippen LogP contribution in [0.2, 0.25) is 0 Å². The first-order valence-corrected chi connectivity index (χ1v) is 6.89. The minimum absolute atomic E-state index is 0.484. The molecule has 0 amide bonds. The van der Waals surface area contributed by atoms with Crippen LogP contribution in [0.3, 0.4) is 0 Å². The fraction of sp³-hybridized carbons (Fsp3) is 0.538. The maximum Gasteiger partial charge on any atom is 0.0793 e. The van der Waals surface area contributed by atoms with Crippen molar-refractivity contribution in [3.05, 3.63) is 21.8 Å². The Labute approximate surface area is 117 Å². The van der Waals surface area contributed by atoms with Crippen LogP contribution in [0.5, 0.6) is 0 Å². The van der Waals surface area contributed by atoms with Crippen molar-refractivity contribution < 1.29 is 5.11 Å². The number of anilines is 2. The topological polar surface area (TPSA) is 58.3 Å². The summed E-state index contributed by atoms with van der Waals surface area (Å²) in [6.07, 6.45) is 0.783. The second kappa shape index (κ2) is 5.91. The van der Waals surface area contributed by atoms with Gasteiger partial charge in [-0.3, -0.25) is 0 Å². The van der Waals surface area contributed by atoms with Crippen molar-refractivity contribution >= 4 is 34.0 Å². The van der Waals surface area contributed by atoms with Crippen LogP contribution in [0.15, 0.2) is 18.2 Å². The quantitative estimate of drug-likeness (QED) is 0.566. The van der Waals surface area contributed by atoms with Gasteiger partial charge in [0.1, 0.15) is 0 Å². The van der Waals surface area contributed by atoms with Crippen LogP contribution in [0.25, 0.3) is 0 Å². The molecule has 0 bridgehead atoms. The van der Waals surface area contributed by atoms with Gasteiger partial charge in [0.25, 0.3) is 0 Å². The predicted molar refractivity (Wildman–Crippen MR) is 82.1 cm³/mol. The number of nitrogens with one attached hydrogen (secondary N) is 1. The number of nitrogen functional groups attached to an aromatic ring is 1. The summed E-state index contributed by atoms with van der Waals surface area (Å²) in [6, 6.07) is 5.73. The molecular formula is C13H21IN2O. The highest BCUT2D eigenvalue weighted by Gasteiger charge is 2.21. The molecule has 1 unspecified atom stereocenters. The lowest BCUT2D eigenvalue weighted by Gasteiger charge is -2.26. The Kier molecular flexibility index (Phi) is 5.06. The Morgan fingerprint density at radius 1 is 1.47 bits per heavy atom. The summed E-state index contributed by atoms with van der Waals surface area (Å²) < 4.78 is 1.07. The minimum atomic E-state index is -0.682. The number of hydrogen-bond donors (Lipinski definition) is 3. The number of nitrogens with two attached hydrogens (primary N) is 1. The van der Waals surface area contributed by atoms with Gasteiger partial charge in [-0.25, -0.2) is 0 Å². The molecule has 1 rings (SSSR count). The van der Waals surface area contributed by atoms with Crippen molar-refractivity contribution in [2.45, 2.75) is 32.8 Å². The highest BCUT2D eigenvalue weighted by molar-refractivity contribution is 14.1. The lowest BCUT2D eigenvalue weighted by atomic mass is 9.94. The molecule has 96 valence electrons. The van der Waals surface area contributed by atoms with Crippen LogP contribution in [-0.4, -0.2) is 17.3 Å². The first-order valence-electron chi connectivity index (χ1n) is 5.81. The standard InChI is InChI=1S/C13H21IN2O/c1-9(2)7-13(3,17)8-16-12-5-4-10(15)6-11(12)14/h4-6,9,16-17H,7-8,15H2,1-3H3. The number of aliphatic hydroxyl groups is 1. The molecule has 1 atom stereocenters. The molecule has 4 N–H and O–H groups in total. The van der Waals surface area contributed by atoms with Crippen molar-refractivity contribution in [1.29, 1.82) is 0 Å². The van der Waals surface area contributed by atoms with E-state index in [-0.39, 0.29) is 0 Å². The molecular weight excluding hydrogens is 327 g/mol. The summed E-state index contributed by atoms with van der Waals surface area (Å²) in [7, 11) is 0. The molecule has 0 fully saturated rings. The molecule has 1 aromatic carbocycles. The fourth-order valence-electron chi connectivity index (χ4n) is 1.91. The smallest absolute Gasteiger partial charge is 0.0793 e. The van der Waals surface area contributed by atoms with Gasteiger partial charge in [0.05, 0.1) is 5.60 Å². The van der Waals surface area contributed by atoms with Crippen molar-refractivity contribution in [2.75, 3.05) is 17.6 Å². The first kappa shape index (κ1) is 14.6. The van der Waals surface area contributed by atoms with Crippen LogP contribution in [-0.2, 0) is 0 Å². The molecule has 0 saturated carbocycles. The van der Waals surface area contributed by atoms with E-state index >= 15 is 0 Å². The molecule has 1 aromatic rings. The van der Waals surface area contributed by atoms with E-state index in [9.17, 15) is 5.11 Å². The van der Waals surface area contributed by atoms with E-state index in [1.54, 1.807) is 0 Å². The Hall–Kier alpha value is -0.490. The minimum Gasteiger partial charge on any atom is -0.399 e. The summed E-state index contributed by atoms with van der Waals surface area (Å²) in [5.74, 6) is 0.484. The van der Waals surface area contributed by atoms with E-state index in [0.29, 0.717) is 12.5 Å². The number of rotatable bonds is 5. The average Bonchev–Trinajstić information content (AvgIpc) is 2.14. The van der Waals surface area contributed by atoms with Crippen molar-refractivity contribution in [3.63, 3.8) is 0 Å². The monoisotopic (exact) mass is 348 g/mol. The zero-order valence-electron chi connectivity index (χ0n) is 10.6. The van der Waals surface area contributed by atoms with Gasteiger partial charge in [-0.15, -0.1) is 0 Å². The molecule has 0 aromatic heterocycles. The SMILES string of the molecule is CC(C)CC(C)(O)CNc1ccc(N)cc1I.